The lowest BCUT2D eigenvalue weighted by Gasteiger charge is -2.32. The Bertz CT molecular complexity index is 4740. The molecule has 0 atom stereocenters. The fourth-order valence-corrected chi connectivity index (χ4v) is 11.9. The average Bonchev–Trinajstić information content (AvgIpc) is 4.30. The molecule has 8 aromatic carbocycles. The molecule has 8 nitrogen and oxygen atoms in total. The molecule has 0 saturated carbocycles. The van der Waals surface area contributed by atoms with Gasteiger partial charge in [0, 0.05) is 70.7 Å². The van der Waals surface area contributed by atoms with Gasteiger partial charge in [-0.2, -0.15) is 0 Å². The SMILES string of the molecule is Brc1ccc2c(c1)oc1cccnc12.CC1(C)OB(c2cc3c4ccccc4n4c5ccccc5c(c2)c34)OC1(C)C.F.c1cnc2c(c1)oc1cc(-c3cc4c5ccccc5n5c6ccccc6c(c3)c45)ccc12. The highest BCUT2D eigenvalue weighted by atomic mass is 79.9. The topological polar surface area (TPSA) is 79.3 Å². The maximum absolute atomic E-state index is 6.36. The Balaban J connectivity index is 0.000000110. The molecule has 11 heteroatoms. The Morgan fingerprint density at radius 3 is 1.28 bits per heavy atom. The van der Waals surface area contributed by atoms with E-state index in [4.69, 9.17) is 18.1 Å². The standard InChI is InChI=1S/C29H16N2O.C24H22BNO2.C11H6BrNO.FH/c1-3-8-24-19(6-1)22-14-18(15-23-20-7-2-4-9-25(20)31(24)29(22)23)17-11-12-21-27(16-17)32-26-10-5-13-30-28(21)26;1-23(2)24(3,4)28-25(27-23)15-13-18-16-9-5-7-11-20(16)26-21-12-8-6-10-17(21)19(14-15)22(18)26;12-7-3-4-8-10(6-7)14-9-2-1-5-13-11(8)9;/h1-16H;5-14H,1-4H3;1-6H;1H. The fourth-order valence-electron chi connectivity index (χ4n) is 11.5. The highest BCUT2D eigenvalue weighted by Gasteiger charge is 2.52. The van der Waals surface area contributed by atoms with E-state index in [2.05, 4.69) is 202 Å². The van der Waals surface area contributed by atoms with Crippen molar-refractivity contribution in [3.05, 3.63) is 199 Å². The number of aromatic nitrogens is 4. The minimum atomic E-state index is -0.361. The van der Waals surface area contributed by atoms with Crippen LogP contribution in [0.15, 0.2) is 208 Å². The number of hydrogen-bond acceptors (Lipinski definition) is 6. The van der Waals surface area contributed by atoms with Gasteiger partial charge in [0.1, 0.15) is 22.2 Å². The van der Waals surface area contributed by atoms with Crippen molar-refractivity contribution in [3.63, 3.8) is 0 Å². The van der Waals surface area contributed by atoms with Crippen LogP contribution in [-0.4, -0.2) is 37.1 Å². The van der Waals surface area contributed by atoms with Gasteiger partial charge < -0.3 is 26.9 Å². The Morgan fingerprint density at radius 1 is 0.400 bits per heavy atom. The third kappa shape index (κ3) is 6.74. The maximum Gasteiger partial charge on any atom is 0.494 e. The van der Waals surface area contributed by atoms with Gasteiger partial charge in [-0.05, 0) is 135 Å². The van der Waals surface area contributed by atoms with Crippen molar-refractivity contribution in [2.75, 3.05) is 0 Å². The molecular weight excluding hydrogens is 998 g/mol. The lowest BCUT2D eigenvalue weighted by atomic mass is 9.77. The van der Waals surface area contributed by atoms with E-state index in [1.807, 2.05) is 48.7 Å². The molecule has 8 aromatic heterocycles. The largest absolute Gasteiger partial charge is 0.494 e. The lowest BCUT2D eigenvalue weighted by molar-refractivity contribution is 0.00578. The Kier molecular flexibility index (Phi) is 10.0. The first kappa shape index (κ1) is 45.3. The van der Waals surface area contributed by atoms with Gasteiger partial charge in [-0.25, -0.2) is 0 Å². The van der Waals surface area contributed by atoms with Crippen LogP contribution in [0.1, 0.15) is 27.7 Å². The molecule has 0 aliphatic carbocycles. The monoisotopic (exact) mass is 1040 g/mol. The molecule has 9 heterocycles. The van der Waals surface area contributed by atoms with Crippen LogP contribution in [0.5, 0.6) is 0 Å². The number of pyridine rings is 2. The first-order chi connectivity index (χ1) is 36.1. The summed E-state index contributed by atoms with van der Waals surface area (Å²) in [6.07, 6.45) is 3.59. The summed E-state index contributed by atoms with van der Waals surface area (Å²) in [6, 6.07) is 63.9. The minimum Gasteiger partial charge on any atom is -0.454 e. The maximum atomic E-state index is 6.36. The Morgan fingerprint density at radius 2 is 0.813 bits per heavy atom. The number of furan rings is 2. The van der Waals surface area contributed by atoms with Crippen LogP contribution in [0.3, 0.4) is 0 Å². The van der Waals surface area contributed by atoms with Crippen LogP contribution in [0.4, 0.5) is 4.70 Å². The van der Waals surface area contributed by atoms with Crippen molar-refractivity contribution >= 4 is 149 Å². The molecule has 362 valence electrons. The van der Waals surface area contributed by atoms with Crippen LogP contribution in [0, 0.1) is 0 Å². The second kappa shape index (κ2) is 16.6. The zero-order chi connectivity index (χ0) is 49.6. The highest BCUT2D eigenvalue weighted by molar-refractivity contribution is 9.10. The van der Waals surface area contributed by atoms with Crippen LogP contribution >= 0.6 is 15.9 Å². The number of nitrogens with zero attached hydrogens (tertiary/aromatic N) is 4. The van der Waals surface area contributed by atoms with Gasteiger partial charge in [-0.3, -0.25) is 14.7 Å². The zero-order valence-electron chi connectivity index (χ0n) is 41.3. The zero-order valence-corrected chi connectivity index (χ0v) is 42.8. The van der Waals surface area contributed by atoms with Crippen molar-refractivity contribution in [3.8, 4) is 11.1 Å². The first-order valence-corrected chi connectivity index (χ1v) is 25.8. The summed E-state index contributed by atoms with van der Waals surface area (Å²) in [5, 5.41) is 12.3. The molecule has 1 fully saturated rings. The molecule has 0 unspecified atom stereocenters. The average molecular weight is 1040 g/mol. The molecule has 75 heavy (non-hydrogen) atoms. The summed E-state index contributed by atoms with van der Waals surface area (Å²) >= 11 is 3.41. The second-order valence-corrected chi connectivity index (χ2v) is 21.4. The molecule has 0 amide bonds. The van der Waals surface area contributed by atoms with E-state index in [9.17, 15) is 0 Å². The quantitative estimate of drug-likeness (QED) is 0.161. The summed E-state index contributed by atoms with van der Waals surface area (Å²) in [5.74, 6) is 0. The van der Waals surface area contributed by atoms with Crippen molar-refractivity contribution in [2.24, 2.45) is 0 Å². The molecule has 1 saturated heterocycles. The van der Waals surface area contributed by atoms with E-state index in [0.29, 0.717) is 0 Å². The lowest BCUT2D eigenvalue weighted by Crippen LogP contribution is -2.41. The fraction of sp³-hybridized carbons (Fsp3) is 0.0938. The normalized spacial score (nSPS) is 14.4. The molecule has 17 rings (SSSR count). The number of fused-ring (bicyclic) bond motifs is 18. The number of halogens is 2. The van der Waals surface area contributed by atoms with Gasteiger partial charge in [0.15, 0.2) is 11.2 Å². The summed E-state index contributed by atoms with van der Waals surface area (Å²) in [5.41, 5.74) is 15.5. The van der Waals surface area contributed by atoms with Gasteiger partial charge in [-0.1, -0.05) is 107 Å². The van der Waals surface area contributed by atoms with Gasteiger partial charge in [0.05, 0.1) is 44.3 Å². The van der Waals surface area contributed by atoms with Gasteiger partial charge in [0.2, 0.25) is 0 Å². The molecule has 0 bridgehead atoms. The highest BCUT2D eigenvalue weighted by Crippen LogP contribution is 2.44. The number of hydrogen-bond donors (Lipinski definition) is 0. The Labute approximate surface area is 437 Å². The van der Waals surface area contributed by atoms with Crippen LogP contribution in [-0.2, 0) is 9.31 Å². The number of benzene rings is 8. The van der Waals surface area contributed by atoms with Crippen LogP contribution in [0.25, 0.3) is 131 Å². The molecule has 0 spiro atoms. The van der Waals surface area contributed by atoms with E-state index in [1.165, 1.54) is 81.8 Å². The van der Waals surface area contributed by atoms with Crippen molar-refractivity contribution in [2.45, 2.75) is 38.9 Å². The van der Waals surface area contributed by atoms with E-state index in [1.54, 1.807) is 6.20 Å². The van der Waals surface area contributed by atoms with Crippen LogP contribution in [0.2, 0.25) is 0 Å². The molecule has 0 radical (unpaired) electrons. The molecular formula is C64H45BBrFN4O4. The summed E-state index contributed by atoms with van der Waals surface area (Å²) in [4.78, 5) is 8.79. The molecule has 1 aliphatic heterocycles. The first-order valence-electron chi connectivity index (χ1n) is 25.0. The Hall–Kier alpha value is -8.35. The van der Waals surface area contributed by atoms with Crippen molar-refractivity contribution in [1.82, 2.24) is 18.8 Å². The second-order valence-electron chi connectivity index (χ2n) is 20.5. The number of rotatable bonds is 2. The smallest absolute Gasteiger partial charge is 0.454 e. The molecule has 0 N–H and O–H groups in total. The van der Waals surface area contributed by atoms with Crippen molar-refractivity contribution < 1.29 is 22.8 Å². The van der Waals surface area contributed by atoms with E-state index < -0.39 is 0 Å². The van der Waals surface area contributed by atoms with E-state index in [0.717, 1.165) is 59.6 Å². The third-order valence-electron chi connectivity index (χ3n) is 15.7. The predicted octanol–water partition coefficient (Wildman–Crippen LogP) is 16.8. The summed E-state index contributed by atoms with van der Waals surface area (Å²) in [6.45, 7) is 8.41. The number of para-hydroxylation sites is 4. The van der Waals surface area contributed by atoms with Crippen molar-refractivity contribution in [1.29, 1.82) is 0 Å². The van der Waals surface area contributed by atoms with E-state index in [-0.39, 0.29) is 23.0 Å². The van der Waals surface area contributed by atoms with Gasteiger partial charge >= 0.3 is 7.12 Å². The third-order valence-corrected chi connectivity index (χ3v) is 16.2. The van der Waals surface area contributed by atoms with E-state index >= 15 is 0 Å². The van der Waals surface area contributed by atoms with Crippen LogP contribution < -0.4 is 5.46 Å². The minimum absolute atomic E-state index is 0. The van der Waals surface area contributed by atoms with Gasteiger partial charge in [-0.15, -0.1) is 0 Å². The summed E-state index contributed by atoms with van der Waals surface area (Å²) in [7, 11) is -0.361. The van der Waals surface area contributed by atoms with Gasteiger partial charge in [0.25, 0.3) is 0 Å². The predicted molar refractivity (Wildman–Crippen MR) is 310 cm³/mol. The molecule has 1 aliphatic rings. The molecule has 16 aromatic rings. The summed E-state index contributed by atoms with van der Waals surface area (Å²) < 4.78 is 30.3.